The van der Waals surface area contributed by atoms with Gasteiger partial charge in [-0.2, -0.15) is 0 Å². The van der Waals surface area contributed by atoms with Crippen LogP contribution >= 0.6 is 63.1 Å². The summed E-state index contributed by atoms with van der Waals surface area (Å²) in [6, 6.07) is 15.0. The monoisotopic (exact) mass is 486 g/mol. The van der Waals surface area contributed by atoms with Crippen LogP contribution in [0.5, 0.6) is 5.75 Å². The van der Waals surface area contributed by atoms with Gasteiger partial charge in [-0.1, -0.05) is 63.0 Å². The van der Waals surface area contributed by atoms with Crippen molar-refractivity contribution in [2.24, 2.45) is 0 Å². The number of nitrogens with zero attached hydrogens (tertiary/aromatic N) is 2. The minimum absolute atomic E-state index is 0.175. The molecule has 0 fully saturated rings. The predicted octanol–water partition coefficient (Wildman–Crippen LogP) is 6.87. The fourth-order valence-electron chi connectivity index (χ4n) is 2.23. The summed E-state index contributed by atoms with van der Waals surface area (Å²) in [5.41, 5.74) is 0.602. The van der Waals surface area contributed by atoms with Gasteiger partial charge in [-0.15, -0.1) is 0 Å². The van der Waals surface area contributed by atoms with Crippen molar-refractivity contribution in [1.82, 2.24) is 9.55 Å². The van der Waals surface area contributed by atoms with Crippen LogP contribution in [0.4, 0.5) is 0 Å². The van der Waals surface area contributed by atoms with Gasteiger partial charge in [0, 0.05) is 21.9 Å². The van der Waals surface area contributed by atoms with Crippen LogP contribution in [0.2, 0.25) is 5.02 Å². The molecule has 2 aromatic carbocycles. The first kappa shape index (κ1) is 19.7. The molecule has 3 nitrogen and oxygen atoms in total. The highest BCUT2D eigenvalue weighted by Gasteiger charge is 2.26. The summed E-state index contributed by atoms with van der Waals surface area (Å²) in [6.45, 7) is 0. The summed E-state index contributed by atoms with van der Waals surface area (Å²) in [7, 11) is 0. The molecular weight excluding hydrogens is 475 g/mol. The van der Waals surface area contributed by atoms with E-state index in [1.165, 1.54) is 11.8 Å². The Morgan fingerprint density at radius 3 is 2.46 bits per heavy atom. The number of ether oxygens (including phenoxy) is 1. The Morgan fingerprint density at radius 1 is 1.15 bits per heavy atom. The molecular formula is C18H13BrCl2N2OS2. The topological polar surface area (TPSA) is 27.1 Å². The van der Waals surface area contributed by atoms with Gasteiger partial charge in [0.2, 0.25) is 4.38 Å². The molecule has 0 aliphatic heterocycles. The zero-order valence-electron chi connectivity index (χ0n) is 13.3. The average Bonchev–Trinajstić information content (AvgIpc) is 3.17. The van der Waals surface area contributed by atoms with E-state index in [0.717, 1.165) is 10.0 Å². The lowest BCUT2D eigenvalue weighted by molar-refractivity contribution is 0.577. The third-order valence-corrected chi connectivity index (χ3v) is 6.34. The Kier molecular flexibility index (Phi) is 7.00. The van der Waals surface area contributed by atoms with Crippen LogP contribution < -0.4 is 4.74 Å². The molecule has 0 aliphatic rings. The van der Waals surface area contributed by atoms with Crippen molar-refractivity contribution in [1.29, 1.82) is 0 Å². The second-order valence-electron chi connectivity index (χ2n) is 5.28. The number of hydrogen-bond donors (Lipinski definition) is 0. The molecule has 3 rings (SSSR count). The lowest BCUT2D eigenvalue weighted by Gasteiger charge is -2.23. The van der Waals surface area contributed by atoms with Crippen molar-refractivity contribution in [2.45, 2.75) is 10.8 Å². The van der Waals surface area contributed by atoms with Crippen LogP contribution in [-0.4, -0.2) is 13.9 Å². The molecule has 0 saturated heterocycles. The van der Waals surface area contributed by atoms with E-state index in [1.54, 1.807) is 12.5 Å². The largest absolute Gasteiger partial charge is 0.440 e. The maximum atomic E-state index is 6.70. The minimum Gasteiger partial charge on any atom is -0.440 e. The van der Waals surface area contributed by atoms with E-state index in [1.807, 2.05) is 59.3 Å². The number of thiocarbonyl (C=S) groups is 1. The van der Waals surface area contributed by atoms with Crippen molar-refractivity contribution in [3.63, 3.8) is 0 Å². The number of hydrogen-bond acceptors (Lipinski definition) is 4. The molecule has 0 N–H and O–H groups in total. The van der Waals surface area contributed by atoms with E-state index < -0.39 is 5.50 Å². The average molecular weight is 488 g/mol. The summed E-state index contributed by atoms with van der Waals surface area (Å²) in [4.78, 5) is 4.07. The van der Waals surface area contributed by atoms with Gasteiger partial charge in [-0.05, 0) is 54.2 Å². The van der Waals surface area contributed by atoms with Gasteiger partial charge in [-0.3, -0.25) is 0 Å². The van der Waals surface area contributed by atoms with Crippen molar-refractivity contribution < 1.29 is 4.74 Å². The van der Waals surface area contributed by atoms with Gasteiger partial charge >= 0.3 is 0 Å². The highest BCUT2D eigenvalue weighted by molar-refractivity contribution is 9.10. The molecule has 1 heterocycles. The number of benzene rings is 2. The molecule has 2 unspecified atom stereocenters. The Bertz CT molecular complexity index is 858. The van der Waals surface area contributed by atoms with Crippen molar-refractivity contribution >= 4 is 67.5 Å². The lowest BCUT2D eigenvalue weighted by atomic mass is 10.1. The van der Waals surface area contributed by atoms with Crippen LogP contribution in [0.1, 0.15) is 16.3 Å². The summed E-state index contributed by atoms with van der Waals surface area (Å²) >= 11 is 22.9. The fraction of sp³-hybridized carbons (Fsp3) is 0.111. The number of rotatable bonds is 5. The summed E-state index contributed by atoms with van der Waals surface area (Å²) in [5.74, 6) is 0.675. The van der Waals surface area contributed by atoms with Crippen LogP contribution in [0.3, 0.4) is 0 Å². The summed E-state index contributed by atoms with van der Waals surface area (Å²) in [6.07, 6.45) is 5.19. The number of alkyl halides is 1. The number of halogens is 3. The first-order valence-corrected chi connectivity index (χ1v) is 10.4. The zero-order chi connectivity index (χ0) is 18.5. The van der Waals surface area contributed by atoms with E-state index >= 15 is 0 Å². The molecule has 26 heavy (non-hydrogen) atoms. The molecule has 2 atom stereocenters. The molecule has 0 spiro atoms. The normalized spacial score (nSPS) is 13.2. The van der Waals surface area contributed by atoms with Crippen LogP contribution in [-0.2, 0) is 0 Å². The standard InChI is InChI=1S/C18H13BrCl2N2OS2/c19-13-3-7-15(8-4-13)24-18(25)26-16(12-1-5-14(20)6-2-12)17(21)23-10-9-22-11-23/h1-11,16-17H. The Morgan fingerprint density at radius 2 is 1.85 bits per heavy atom. The van der Waals surface area contributed by atoms with E-state index in [4.69, 9.17) is 40.2 Å². The first-order chi connectivity index (χ1) is 12.5. The molecule has 0 radical (unpaired) electrons. The van der Waals surface area contributed by atoms with E-state index in [9.17, 15) is 0 Å². The van der Waals surface area contributed by atoms with Gasteiger partial charge in [-0.25, -0.2) is 4.98 Å². The minimum atomic E-state index is -0.393. The molecule has 0 bridgehead atoms. The molecule has 0 saturated carbocycles. The number of aromatic nitrogens is 2. The zero-order valence-corrected chi connectivity index (χ0v) is 18.0. The van der Waals surface area contributed by atoms with Gasteiger partial charge < -0.3 is 9.30 Å². The van der Waals surface area contributed by atoms with E-state index in [2.05, 4.69) is 20.9 Å². The third kappa shape index (κ3) is 5.24. The summed E-state index contributed by atoms with van der Waals surface area (Å²) < 4.78 is 8.97. The van der Waals surface area contributed by atoms with Gasteiger partial charge in [0.25, 0.3) is 0 Å². The van der Waals surface area contributed by atoms with Gasteiger partial charge in [0.1, 0.15) is 11.3 Å². The Hall–Kier alpha value is -1.05. The second kappa shape index (κ2) is 9.24. The highest BCUT2D eigenvalue weighted by atomic mass is 79.9. The molecule has 8 heteroatoms. The van der Waals surface area contributed by atoms with Crippen LogP contribution in [0, 0.1) is 0 Å². The maximum Gasteiger partial charge on any atom is 0.226 e. The molecule has 3 aromatic rings. The molecule has 0 amide bonds. The van der Waals surface area contributed by atoms with Crippen molar-refractivity contribution in [3.05, 3.63) is 82.3 Å². The van der Waals surface area contributed by atoms with Gasteiger partial charge in [0.05, 0.1) is 11.6 Å². The molecule has 0 aliphatic carbocycles. The van der Waals surface area contributed by atoms with E-state index in [0.29, 0.717) is 15.2 Å². The van der Waals surface area contributed by atoms with Crippen molar-refractivity contribution in [3.8, 4) is 5.75 Å². The van der Waals surface area contributed by atoms with Crippen molar-refractivity contribution in [2.75, 3.05) is 0 Å². The maximum absolute atomic E-state index is 6.70. The highest BCUT2D eigenvalue weighted by Crippen LogP contribution is 2.42. The fourth-order valence-corrected chi connectivity index (χ4v) is 4.34. The number of thioether (sulfide) groups is 1. The Labute approximate surface area is 179 Å². The predicted molar refractivity (Wildman–Crippen MR) is 116 cm³/mol. The lowest BCUT2D eigenvalue weighted by Crippen LogP contribution is -2.13. The van der Waals surface area contributed by atoms with Crippen LogP contribution in [0.15, 0.2) is 71.7 Å². The van der Waals surface area contributed by atoms with Crippen LogP contribution in [0.25, 0.3) is 0 Å². The quantitative estimate of drug-likeness (QED) is 0.289. The van der Waals surface area contributed by atoms with Gasteiger partial charge in [0.15, 0.2) is 0 Å². The second-order valence-corrected chi connectivity index (χ2v) is 8.82. The number of imidazole rings is 1. The smallest absolute Gasteiger partial charge is 0.226 e. The SMILES string of the molecule is S=C(Oc1ccc(Br)cc1)SC(c1ccc(Cl)cc1)C(Cl)n1ccnc1. The molecule has 134 valence electrons. The van der Waals surface area contributed by atoms with E-state index in [-0.39, 0.29) is 5.25 Å². The molecule has 1 aromatic heterocycles. The third-order valence-electron chi connectivity index (χ3n) is 3.50. The Balaban J connectivity index is 1.79. The summed E-state index contributed by atoms with van der Waals surface area (Å²) in [5, 5.41) is 0.492. The first-order valence-electron chi connectivity index (χ1n) is 7.54.